The number of nitrogens with zero attached hydrogens (tertiary/aromatic N) is 1. The first-order valence-corrected chi connectivity index (χ1v) is 24.1. The Bertz CT molecular complexity index is 4050. The van der Waals surface area contributed by atoms with Crippen LogP contribution in [0.4, 0.5) is 17.1 Å². The summed E-state index contributed by atoms with van der Waals surface area (Å²) >= 11 is 1.88. The van der Waals surface area contributed by atoms with E-state index in [4.69, 9.17) is 4.42 Å². The van der Waals surface area contributed by atoms with Crippen LogP contribution in [0.3, 0.4) is 0 Å². The smallest absolute Gasteiger partial charge is 0.143 e. The molecule has 1 aliphatic carbocycles. The molecular weight excluding hydrogens is 843 g/mol. The van der Waals surface area contributed by atoms with E-state index in [9.17, 15) is 0 Å². The Hall–Kier alpha value is -8.50. The highest BCUT2D eigenvalue weighted by Crippen LogP contribution is 2.59. The van der Waals surface area contributed by atoms with Crippen LogP contribution in [0.1, 0.15) is 22.3 Å². The third-order valence-electron chi connectivity index (χ3n) is 14.3. The first-order valence-electron chi connectivity index (χ1n) is 23.3. The van der Waals surface area contributed by atoms with Crippen molar-refractivity contribution >= 4 is 81.3 Å². The summed E-state index contributed by atoms with van der Waals surface area (Å²) in [6.45, 7) is 0. The van der Waals surface area contributed by atoms with Gasteiger partial charge >= 0.3 is 0 Å². The van der Waals surface area contributed by atoms with E-state index in [0.717, 1.165) is 55.5 Å². The Morgan fingerprint density at radius 3 is 1.88 bits per heavy atom. The highest BCUT2D eigenvalue weighted by atomic mass is 32.1. The van der Waals surface area contributed by atoms with Crippen molar-refractivity contribution in [2.75, 3.05) is 4.90 Å². The van der Waals surface area contributed by atoms with E-state index in [1.54, 1.807) is 0 Å². The molecule has 0 spiro atoms. The SMILES string of the molecule is c1ccc(C2(c3ccccc3)c3ccccc3-c3c(N(c4ccc(-c5cccc6c5sc5ccccc56)cc4)c4cccc(-c5cccc6oc7c8ccccc8ccc7c56)c4)cccc32)cc1. The van der Waals surface area contributed by atoms with Gasteiger partial charge in [-0.25, -0.2) is 0 Å². The van der Waals surface area contributed by atoms with Gasteiger partial charge in [0.2, 0.25) is 0 Å². The summed E-state index contributed by atoms with van der Waals surface area (Å²) in [5.74, 6) is 0. The number of hydrogen-bond acceptors (Lipinski definition) is 3. The summed E-state index contributed by atoms with van der Waals surface area (Å²) < 4.78 is 9.33. The van der Waals surface area contributed by atoms with Crippen LogP contribution in [0.25, 0.3) is 86.3 Å². The highest BCUT2D eigenvalue weighted by Gasteiger charge is 2.47. The average Bonchev–Trinajstić information content (AvgIpc) is 4.09. The van der Waals surface area contributed by atoms with Crippen molar-refractivity contribution in [3.8, 4) is 33.4 Å². The summed E-state index contributed by atoms with van der Waals surface area (Å²) in [7, 11) is 0. The van der Waals surface area contributed by atoms with Gasteiger partial charge in [-0.05, 0) is 104 Å². The number of rotatable bonds is 7. The van der Waals surface area contributed by atoms with E-state index in [1.807, 2.05) is 11.3 Å². The Labute approximate surface area is 398 Å². The van der Waals surface area contributed by atoms with Crippen molar-refractivity contribution in [3.05, 3.63) is 271 Å². The molecule has 0 atom stereocenters. The number of furan rings is 1. The Morgan fingerprint density at radius 1 is 0.397 bits per heavy atom. The molecule has 11 aromatic carbocycles. The van der Waals surface area contributed by atoms with Crippen LogP contribution in [0.2, 0.25) is 0 Å². The van der Waals surface area contributed by atoms with Gasteiger partial charge in [0.1, 0.15) is 11.2 Å². The van der Waals surface area contributed by atoms with Crippen molar-refractivity contribution in [2.24, 2.45) is 0 Å². The summed E-state index contributed by atoms with van der Waals surface area (Å²) in [6.07, 6.45) is 0. The van der Waals surface area contributed by atoms with Gasteiger partial charge < -0.3 is 9.32 Å². The third kappa shape index (κ3) is 5.70. The van der Waals surface area contributed by atoms with Gasteiger partial charge in [-0.1, -0.05) is 200 Å². The second-order valence-corrected chi connectivity index (χ2v) is 18.9. The molecule has 0 bridgehead atoms. The molecule has 318 valence electrons. The van der Waals surface area contributed by atoms with Gasteiger partial charge in [0.25, 0.3) is 0 Å². The lowest BCUT2D eigenvalue weighted by molar-refractivity contribution is 0.673. The molecule has 2 nitrogen and oxygen atoms in total. The lowest BCUT2D eigenvalue weighted by atomic mass is 9.68. The van der Waals surface area contributed by atoms with Gasteiger partial charge in [0, 0.05) is 53.3 Å². The molecule has 0 unspecified atom stereocenters. The third-order valence-corrected chi connectivity index (χ3v) is 15.6. The highest BCUT2D eigenvalue weighted by molar-refractivity contribution is 7.26. The maximum absolute atomic E-state index is 6.70. The molecule has 0 N–H and O–H groups in total. The van der Waals surface area contributed by atoms with E-state index in [-0.39, 0.29) is 0 Å². The molecule has 14 rings (SSSR count). The minimum atomic E-state index is -0.535. The Kier molecular flexibility index (Phi) is 8.71. The zero-order valence-electron chi connectivity index (χ0n) is 36.9. The summed E-state index contributed by atoms with van der Waals surface area (Å²) in [4.78, 5) is 2.48. The van der Waals surface area contributed by atoms with Crippen molar-refractivity contribution in [1.82, 2.24) is 0 Å². The average molecular weight is 884 g/mol. The summed E-state index contributed by atoms with van der Waals surface area (Å²) in [5, 5.41) is 7.16. The molecule has 3 heteroatoms. The summed E-state index contributed by atoms with van der Waals surface area (Å²) in [6, 6.07) is 91.3. The molecule has 13 aromatic rings. The number of anilines is 3. The molecule has 2 aromatic heterocycles. The van der Waals surface area contributed by atoms with Gasteiger partial charge in [-0.3, -0.25) is 0 Å². The number of thiophene rings is 1. The van der Waals surface area contributed by atoms with Crippen molar-refractivity contribution in [1.29, 1.82) is 0 Å². The Balaban J connectivity index is 1.00. The number of hydrogen-bond donors (Lipinski definition) is 0. The lowest BCUT2D eigenvalue weighted by Gasteiger charge is -2.34. The predicted octanol–water partition coefficient (Wildman–Crippen LogP) is 18.3. The van der Waals surface area contributed by atoms with E-state index < -0.39 is 5.41 Å². The standard InChI is InChI=1S/C65H41NOS/c1-3-19-45(20-4-1)65(46-21-5-2-6-22-46)56-30-11-9-26-54(56)62-57(65)31-16-32-58(62)66(47-38-35-43(36-39-47)51-28-14-29-53-52-25-10-12-34-60(52)68-64(51)53)48-23-13-18-44(41-48)49-27-15-33-59-61(49)55-40-37-42-17-7-8-24-50(42)63(55)67-59/h1-41H. The fraction of sp³-hybridized carbons (Fsp3) is 0.0154. The molecule has 0 amide bonds. The fourth-order valence-electron chi connectivity index (χ4n) is 11.5. The van der Waals surface area contributed by atoms with Gasteiger partial charge in [-0.2, -0.15) is 0 Å². The molecule has 0 saturated carbocycles. The number of fused-ring (bicyclic) bond motifs is 11. The monoisotopic (exact) mass is 883 g/mol. The topological polar surface area (TPSA) is 16.4 Å². The van der Waals surface area contributed by atoms with Crippen molar-refractivity contribution < 1.29 is 4.42 Å². The van der Waals surface area contributed by atoms with Crippen LogP contribution < -0.4 is 4.90 Å². The molecule has 1 aliphatic rings. The molecule has 0 radical (unpaired) electrons. The van der Waals surface area contributed by atoms with E-state index in [1.165, 1.54) is 70.1 Å². The van der Waals surface area contributed by atoms with E-state index in [2.05, 4.69) is 254 Å². The van der Waals surface area contributed by atoms with Crippen LogP contribution in [0.15, 0.2) is 253 Å². The van der Waals surface area contributed by atoms with Crippen LogP contribution in [0, 0.1) is 0 Å². The van der Waals surface area contributed by atoms with Crippen molar-refractivity contribution in [2.45, 2.75) is 5.41 Å². The molecule has 0 saturated heterocycles. The lowest BCUT2D eigenvalue weighted by Crippen LogP contribution is -2.28. The molecular formula is C65H41NOS. The van der Waals surface area contributed by atoms with E-state index in [0.29, 0.717) is 0 Å². The second-order valence-electron chi connectivity index (χ2n) is 17.9. The van der Waals surface area contributed by atoms with E-state index >= 15 is 0 Å². The van der Waals surface area contributed by atoms with Gasteiger partial charge in [0.15, 0.2) is 0 Å². The fourth-order valence-corrected chi connectivity index (χ4v) is 12.7. The maximum Gasteiger partial charge on any atom is 0.143 e. The first-order chi connectivity index (χ1) is 33.7. The van der Waals surface area contributed by atoms with Gasteiger partial charge in [0.05, 0.1) is 11.1 Å². The second kappa shape index (κ2) is 15.3. The predicted molar refractivity (Wildman–Crippen MR) is 287 cm³/mol. The molecule has 2 heterocycles. The molecule has 0 aliphatic heterocycles. The van der Waals surface area contributed by atoms with Crippen molar-refractivity contribution in [3.63, 3.8) is 0 Å². The zero-order valence-corrected chi connectivity index (χ0v) is 37.8. The minimum Gasteiger partial charge on any atom is -0.455 e. The zero-order chi connectivity index (χ0) is 44.8. The van der Waals surface area contributed by atoms with Gasteiger partial charge in [-0.15, -0.1) is 11.3 Å². The number of benzene rings is 11. The van der Waals surface area contributed by atoms with Crippen LogP contribution in [0.5, 0.6) is 0 Å². The normalized spacial score (nSPS) is 12.8. The minimum absolute atomic E-state index is 0.535. The summed E-state index contributed by atoms with van der Waals surface area (Å²) in [5.41, 5.74) is 16.8. The Morgan fingerprint density at radius 2 is 1.04 bits per heavy atom. The van der Waals surface area contributed by atoms with Crippen LogP contribution >= 0.6 is 11.3 Å². The maximum atomic E-state index is 6.70. The van der Waals surface area contributed by atoms with Crippen LogP contribution in [-0.2, 0) is 5.41 Å². The molecule has 68 heavy (non-hydrogen) atoms. The van der Waals surface area contributed by atoms with Crippen LogP contribution in [-0.4, -0.2) is 0 Å². The molecule has 0 fully saturated rings. The quantitative estimate of drug-likeness (QED) is 0.159. The first kappa shape index (κ1) is 38.7. The largest absolute Gasteiger partial charge is 0.455 e.